The molecule has 2 aromatic rings. The summed E-state index contributed by atoms with van der Waals surface area (Å²) in [7, 11) is 0. The number of rotatable bonds is 4. The van der Waals surface area contributed by atoms with Crippen molar-refractivity contribution in [1.82, 2.24) is 0 Å². The number of hydrogen-bond acceptors (Lipinski definition) is 4. The Morgan fingerprint density at radius 2 is 2.08 bits per heavy atom. The Balaban J connectivity index is 1.94. The molecular weight excluding hydrogens is 308 g/mol. The molecule has 0 aliphatic carbocycles. The second-order valence-electron chi connectivity index (χ2n) is 5.84. The van der Waals surface area contributed by atoms with Crippen molar-refractivity contribution in [3.63, 3.8) is 0 Å². The molecule has 124 valence electrons. The number of nitrogens with two attached hydrogens (primary N) is 1. The molecule has 0 bridgehead atoms. The number of anilines is 1. The molecule has 24 heavy (non-hydrogen) atoms. The molecule has 1 heterocycles. The number of nitrogens with zero attached hydrogens (tertiary/aromatic N) is 1. The van der Waals surface area contributed by atoms with Crippen molar-refractivity contribution in [2.75, 3.05) is 11.4 Å². The minimum atomic E-state index is -0.777. The first-order valence-electron chi connectivity index (χ1n) is 7.59. The van der Waals surface area contributed by atoms with Gasteiger partial charge >= 0.3 is 0 Å². The van der Waals surface area contributed by atoms with Crippen LogP contribution >= 0.6 is 0 Å². The summed E-state index contributed by atoms with van der Waals surface area (Å²) in [6.07, 6.45) is -0.411. The third-order valence-electron chi connectivity index (χ3n) is 3.86. The highest BCUT2D eigenvalue weighted by molar-refractivity contribution is 6.03. The van der Waals surface area contributed by atoms with Gasteiger partial charge in [0, 0.05) is 12.5 Å². The number of ether oxygens (including phenoxy) is 1. The molecule has 0 spiro atoms. The van der Waals surface area contributed by atoms with Gasteiger partial charge in [0.1, 0.15) is 18.0 Å². The zero-order valence-corrected chi connectivity index (χ0v) is 13.2. The van der Waals surface area contributed by atoms with Gasteiger partial charge < -0.3 is 15.6 Å². The van der Waals surface area contributed by atoms with Crippen molar-refractivity contribution in [2.45, 2.75) is 19.4 Å². The maximum Gasteiger partial charge on any atom is 0.268 e. The lowest BCUT2D eigenvalue weighted by atomic mass is 10.0. The van der Waals surface area contributed by atoms with Crippen molar-refractivity contribution < 1.29 is 19.4 Å². The summed E-state index contributed by atoms with van der Waals surface area (Å²) >= 11 is 0. The summed E-state index contributed by atoms with van der Waals surface area (Å²) in [4.78, 5) is 25.4. The molecule has 3 rings (SSSR count). The summed E-state index contributed by atoms with van der Waals surface area (Å²) in [5, 5.41) is 9.66. The predicted molar refractivity (Wildman–Crippen MR) is 89.0 cm³/mol. The standard InChI is InChI=1S/C18H18N2O4/c1-11-3-2-4-12(7-11)8-16-18(23)20(10-17(19)22)14-6-5-13(21)9-15(14)24-16/h2-7,9,16,21H,8,10H2,1H3,(H2,19,22). The van der Waals surface area contributed by atoms with Gasteiger partial charge in [-0.1, -0.05) is 29.8 Å². The Kier molecular flexibility index (Phi) is 4.12. The number of phenolic OH excluding ortho intramolecular Hbond substituents is 1. The second kappa shape index (κ2) is 6.23. The molecule has 2 aromatic carbocycles. The smallest absolute Gasteiger partial charge is 0.268 e. The number of benzene rings is 2. The van der Waals surface area contributed by atoms with Crippen LogP contribution in [0.2, 0.25) is 0 Å². The molecule has 6 heteroatoms. The number of carbonyl (C=O) groups excluding carboxylic acids is 2. The Morgan fingerprint density at radius 1 is 1.29 bits per heavy atom. The zero-order valence-electron chi connectivity index (χ0n) is 13.2. The first-order valence-corrected chi connectivity index (χ1v) is 7.59. The fourth-order valence-electron chi connectivity index (χ4n) is 2.82. The molecule has 1 unspecified atom stereocenters. The van der Waals surface area contributed by atoms with E-state index in [1.165, 1.54) is 23.1 Å². The summed E-state index contributed by atoms with van der Waals surface area (Å²) in [5.74, 6) is -0.558. The monoisotopic (exact) mass is 326 g/mol. The Hall–Kier alpha value is -3.02. The van der Waals surface area contributed by atoms with Gasteiger partial charge in [0.25, 0.3) is 5.91 Å². The van der Waals surface area contributed by atoms with Gasteiger partial charge in [-0.3, -0.25) is 14.5 Å². The van der Waals surface area contributed by atoms with Crippen LogP contribution in [0, 0.1) is 6.92 Å². The fraction of sp³-hybridized carbons (Fsp3) is 0.222. The molecular formula is C18H18N2O4. The lowest BCUT2D eigenvalue weighted by Crippen LogP contribution is -2.49. The molecule has 0 fully saturated rings. The number of primary amides is 1. The minimum absolute atomic E-state index is 0.0245. The van der Waals surface area contributed by atoms with Crippen molar-refractivity contribution in [3.8, 4) is 11.5 Å². The van der Waals surface area contributed by atoms with Gasteiger partial charge in [-0.15, -0.1) is 0 Å². The Bertz CT molecular complexity index is 803. The van der Waals surface area contributed by atoms with E-state index in [1.54, 1.807) is 0 Å². The van der Waals surface area contributed by atoms with Crippen molar-refractivity contribution in [3.05, 3.63) is 53.6 Å². The van der Waals surface area contributed by atoms with Crippen molar-refractivity contribution >= 4 is 17.5 Å². The van der Waals surface area contributed by atoms with E-state index in [1.807, 2.05) is 31.2 Å². The van der Waals surface area contributed by atoms with E-state index in [-0.39, 0.29) is 18.2 Å². The van der Waals surface area contributed by atoms with E-state index < -0.39 is 12.0 Å². The molecule has 1 aliphatic heterocycles. The number of fused-ring (bicyclic) bond motifs is 1. The second-order valence-corrected chi connectivity index (χ2v) is 5.84. The van der Waals surface area contributed by atoms with Gasteiger partial charge in [0.2, 0.25) is 5.91 Å². The number of amides is 2. The van der Waals surface area contributed by atoms with Crippen molar-refractivity contribution in [2.24, 2.45) is 5.73 Å². The molecule has 6 nitrogen and oxygen atoms in total. The first kappa shape index (κ1) is 15.9. The van der Waals surface area contributed by atoms with E-state index in [0.717, 1.165) is 11.1 Å². The van der Waals surface area contributed by atoms with E-state index in [9.17, 15) is 14.7 Å². The van der Waals surface area contributed by atoms with Crippen LogP contribution in [0.25, 0.3) is 0 Å². The number of phenols is 1. The van der Waals surface area contributed by atoms with Gasteiger partial charge in [0.15, 0.2) is 6.10 Å². The van der Waals surface area contributed by atoms with Crippen LogP contribution in [0.4, 0.5) is 5.69 Å². The fourth-order valence-corrected chi connectivity index (χ4v) is 2.82. The van der Waals surface area contributed by atoms with E-state index >= 15 is 0 Å². The molecule has 1 atom stereocenters. The molecule has 2 amide bonds. The molecule has 3 N–H and O–H groups in total. The number of aryl methyl sites for hydroxylation is 1. The average Bonchev–Trinajstić information content (AvgIpc) is 2.51. The number of hydrogen-bond donors (Lipinski definition) is 2. The maximum atomic E-state index is 12.7. The number of aromatic hydroxyl groups is 1. The third-order valence-corrected chi connectivity index (χ3v) is 3.86. The summed E-state index contributed by atoms with van der Waals surface area (Å²) in [5.41, 5.74) is 7.74. The first-order chi connectivity index (χ1) is 11.4. The van der Waals surface area contributed by atoms with Gasteiger partial charge in [-0.25, -0.2) is 0 Å². The van der Waals surface area contributed by atoms with E-state index in [4.69, 9.17) is 10.5 Å². The lowest BCUT2D eigenvalue weighted by Gasteiger charge is -2.33. The highest BCUT2D eigenvalue weighted by atomic mass is 16.5. The average molecular weight is 326 g/mol. The maximum absolute atomic E-state index is 12.7. The van der Waals surface area contributed by atoms with Gasteiger partial charge in [-0.05, 0) is 24.6 Å². The molecule has 0 saturated carbocycles. The molecule has 0 saturated heterocycles. The normalized spacial score (nSPS) is 16.5. The Morgan fingerprint density at radius 3 is 2.79 bits per heavy atom. The van der Waals surface area contributed by atoms with E-state index in [0.29, 0.717) is 17.9 Å². The van der Waals surface area contributed by atoms with Crippen LogP contribution in [-0.2, 0) is 16.0 Å². The Labute approximate surface area is 139 Å². The summed E-state index contributed by atoms with van der Waals surface area (Å²) in [6.45, 7) is 1.74. The highest BCUT2D eigenvalue weighted by Gasteiger charge is 2.35. The lowest BCUT2D eigenvalue weighted by molar-refractivity contribution is -0.128. The summed E-state index contributed by atoms with van der Waals surface area (Å²) in [6, 6.07) is 12.2. The molecule has 0 radical (unpaired) electrons. The third kappa shape index (κ3) is 3.17. The topological polar surface area (TPSA) is 92.9 Å². The van der Waals surface area contributed by atoms with Crippen LogP contribution in [0.15, 0.2) is 42.5 Å². The quantitative estimate of drug-likeness (QED) is 0.891. The predicted octanol–water partition coefficient (Wildman–Crippen LogP) is 1.52. The highest BCUT2D eigenvalue weighted by Crippen LogP contribution is 2.37. The van der Waals surface area contributed by atoms with Gasteiger partial charge in [-0.2, -0.15) is 0 Å². The van der Waals surface area contributed by atoms with Crippen LogP contribution < -0.4 is 15.4 Å². The zero-order chi connectivity index (χ0) is 17.3. The van der Waals surface area contributed by atoms with E-state index in [2.05, 4.69) is 0 Å². The number of carbonyl (C=O) groups is 2. The minimum Gasteiger partial charge on any atom is -0.508 e. The van der Waals surface area contributed by atoms with Gasteiger partial charge in [0.05, 0.1) is 5.69 Å². The molecule has 0 aromatic heterocycles. The van der Waals surface area contributed by atoms with Crippen LogP contribution in [0.3, 0.4) is 0 Å². The SMILES string of the molecule is Cc1cccc(CC2Oc3cc(O)ccc3N(CC(N)=O)C2=O)c1. The van der Waals surface area contributed by atoms with Crippen molar-refractivity contribution in [1.29, 1.82) is 0 Å². The largest absolute Gasteiger partial charge is 0.508 e. The van der Waals surface area contributed by atoms with Crippen LogP contribution in [-0.4, -0.2) is 29.6 Å². The van der Waals surface area contributed by atoms with Crippen LogP contribution in [0.1, 0.15) is 11.1 Å². The summed E-state index contributed by atoms with van der Waals surface area (Å²) < 4.78 is 5.78. The molecule has 1 aliphatic rings. The van der Waals surface area contributed by atoms with Crippen LogP contribution in [0.5, 0.6) is 11.5 Å².